The van der Waals surface area contributed by atoms with Crippen molar-refractivity contribution in [2.45, 2.75) is 51.8 Å². The SMILES string of the molecule is CCOC(=O)N1CCNCC1C(=O)[C@@H](N)Cc1ccc(C(=O)OC(C)(C)C)cc1. The molecule has 0 aliphatic carbocycles. The highest BCUT2D eigenvalue weighted by molar-refractivity contribution is 5.92. The molecule has 0 spiro atoms. The van der Waals surface area contributed by atoms with Crippen LogP contribution in [0, 0.1) is 0 Å². The Labute approximate surface area is 171 Å². The largest absolute Gasteiger partial charge is 0.456 e. The molecule has 1 fully saturated rings. The third kappa shape index (κ3) is 6.54. The molecule has 0 saturated carbocycles. The van der Waals surface area contributed by atoms with Crippen LogP contribution >= 0.6 is 0 Å². The van der Waals surface area contributed by atoms with E-state index in [1.54, 1.807) is 31.2 Å². The maximum absolute atomic E-state index is 12.9. The molecule has 1 amide bonds. The van der Waals surface area contributed by atoms with Gasteiger partial charge in [-0.1, -0.05) is 12.1 Å². The Morgan fingerprint density at radius 2 is 1.90 bits per heavy atom. The molecule has 1 aliphatic rings. The monoisotopic (exact) mass is 405 g/mol. The third-order valence-corrected chi connectivity index (χ3v) is 4.48. The molecule has 0 radical (unpaired) electrons. The second-order valence-corrected chi connectivity index (χ2v) is 8.02. The van der Waals surface area contributed by atoms with Crippen molar-refractivity contribution in [2.75, 3.05) is 26.2 Å². The molecule has 0 bridgehead atoms. The number of nitrogens with zero attached hydrogens (tertiary/aromatic N) is 1. The zero-order valence-corrected chi connectivity index (χ0v) is 17.6. The molecule has 160 valence electrons. The van der Waals surface area contributed by atoms with Gasteiger partial charge in [0, 0.05) is 19.6 Å². The third-order valence-electron chi connectivity index (χ3n) is 4.48. The standard InChI is InChI=1S/C21H31N3O5/c1-5-28-20(27)24-11-10-23-13-17(24)18(25)16(22)12-14-6-8-15(9-7-14)19(26)29-21(2,3)4/h6-9,16-17,23H,5,10-13,22H2,1-4H3/t16-,17?/m0/s1. The molecule has 1 aromatic carbocycles. The maximum atomic E-state index is 12.9. The van der Waals surface area contributed by atoms with Crippen LogP contribution < -0.4 is 11.1 Å². The number of rotatable bonds is 6. The minimum atomic E-state index is -0.774. The van der Waals surface area contributed by atoms with E-state index >= 15 is 0 Å². The van der Waals surface area contributed by atoms with Crippen molar-refractivity contribution < 1.29 is 23.9 Å². The fourth-order valence-electron chi connectivity index (χ4n) is 3.10. The quantitative estimate of drug-likeness (QED) is 0.690. The van der Waals surface area contributed by atoms with Gasteiger partial charge in [-0.05, 0) is 51.8 Å². The van der Waals surface area contributed by atoms with Crippen LogP contribution in [-0.2, 0) is 20.7 Å². The lowest BCUT2D eigenvalue weighted by atomic mass is 9.96. The van der Waals surface area contributed by atoms with Gasteiger partial charge in [-0.2, -0.15) is 0 Å². The lowest BCUT2D eigenvalue weighted by Crippen LogP contribution is -2.60. The number of ketones is 1. The first-order valence-corrected chi connectivity index (χ1v) is 9.88. The molecule has 1 heterocycles. The Hall–Kier alpha value is -2.45. The number of carbonyl (C=O) groups excluding carboxylic acids is 3. The van der Waals surface area contributed by atoms with E-state index in [0.29, 0.717) is 31.6 Å². The van der Waals surface area contributed by atoms with Gasteiger partial charge in [0.1, 0.15) is 11.6 Å². The Morgan fingerprint density at radius 1 is 1.24 bits per heavy atom. The van der Waals surface area contributed by atoms with Crippen LogP contribution in [-0.4, -0.2) is 66.7 Å². The number of ether oxygens (including phenoxy) is 2. The summed E-state index contributed by atoms with van der Waals surface area (Å²) in [7, 11) is 0. The van der Waals surface area contributed by atoms with Crippen molar-refractivity contribution in [1.29, 1.82) is 0 Å². The number of nitrogens with one attached hydrogen (secondary N) is 1. The van der Waals surface area contributed by atoms with Crippen LogP contribution in [0.15, 0.2) is 24.3 Å². The summed E-state index contributed by atoms with van der Waals surface area (Å²) in [4.78, 5) is 38.5. The minimum absolute atomic E-state index is 0.221. The molecule has 2 rings (SSSR count). The average molecular weight is 405 g/mol. The smallest absolute Gasteiger partial charge is 0.410 e. The first-order chi connectivity index (χ1) is 13.6. The molecule has 8 heteroatoms. The van der Waals surface area contributed by atoms with E-state index in [1.165, 1.54) is 4.90 Å². The fraction of sp³-hybridized carbons (Fsp3) is 0.571. The zero-order valence-electron chi connectivity index (χ0n) is 17.6. The molecule has 3 N–H and O–H groups in total. The van der Waals surface area contributed by atoms with Gasteiger partial charge in [0.15, 0.2) is 5.78 Å². The highest BCUT2D eigenvalue weighted by atomic mass is 16.6. The van der Waals surface area contributed by atoms with Gasteiger partial charge in [0.25, 0.3) is 0 Å². The van der Waals surface area contributed by atoms with Crippen LogP contribution in [0.2, 0.25) is 0 Å². The molecule has 29 heavy (non-hydrogen) atoms. The summed E-state index contributed by atoms with van der Waals surface area (Å²) in [6.45, 7) is 8.75. The molecular weight excluding hydrogens is 374 g/mol. The highest BCUT2D eigenvalue weighted by Gasteiger charge is 2.35. The minimum Gasteiger partial charge on any atom is -0.456 e. The Balaban J connectivity index is 2.01. The van der Waals surface area contributed by atoms with Gasteiger partial charge in [-0.3, -0.25) is 9.69 Å². The summed E-state index contributed by atoms with van der Waals surface area (Å²) in [5, 5.41) is 3.12. The van der Waals surface area contributed by atoms with Crippen LogP contribution in [0.25, 0.3) is 0 Å². The molecule has 1 aliphatic heterocycles. The number of amides is 1. The second kappa shape index (κ2) is 9.84. The van der Waals surface area contributed by atoms with E-state index in [4.69, 9.17) is 15.2 Å². The van der Waals surface area contributed by atoms with Gasteiger partial charge in [-0.25, -0.2) is 9.59 Å². The lowest BCUT2D eigenvalue weighted by Gasteiger charge is -2.35. The van der Waals surface area contributed by atoms with Crippen LogP contribution in [0.1, 0.15) is 43.6 Å². The molecule has 1 aromatic rings. The zero-order chi connectivity index (χ0) is 21.6. The Kier molecular flexibility index (Phi) is 7.75. The molecule has 2 atom stereocenters. The summed E-state index contributed by atoms with van der Waals surface area (Å²) in [6.07, 6.45) is -0.193. The predicted molar refractivity (Wildman–Crippen MR) is 109 cm³/mol. The first-order valence-electron chi connectivity index (χ1n) is 9.88. The molecule has 0 aromatic heterocycles. The van der Waals surface area contributed by atoms with E-state index in [-0.39, 0.29) is 12.4 Å². The van der Waals surface area contributed by atoms with Gasteiger partial charge in [0.2, 0.25) is 0 Å². The Morgan fingerprint density at radius 3 is 2.48 bits per heavy atom. The van der Waals surface area contributed by atoms with Gasteiger partial charge < -0.3 is 20.5 Å². The van der Waals surface area contributed by atoms with Crippen molar-refractivity contribution in [1.82, 2.24) is 10.2 Å². The predicted octanol–water partition coefficient (Wildman–Crippen LogP) is 1.51. The van der Waals surface area contributed by atoms with Gasteiger partial charge in [-0.15, -0.1) is 0 Å². The van der Waals surface area contributed by atoms with Crippen molar-refractivity contribution in [3.8, 4) is 0 Å². The number of piperazine rings is 1. The molecule has 8 nitrogen and oxygen atoms in total. The first kappa shape index (κ1) is 22.8. The Bertz CT molecular complexity index is 727. The summed E-state index contributed by atoms with van der Waals surface area (Å²) in [5.41, 5.74) is 6.85. The van der Waals surface area contributed by atoms with Crippen LogP contribution in [0.4, 0.5) is 4.79 Å². The highest BCUT2D eigenvalue weighted by Crippen LogP contribution is 2.15. The van der Waals surface area contributed by atoms with E-state index < -0.39 is 29.7 Å². The van der Waals surface area contributed by atoms with Crippen LogP contribution in [0.5, 0.6) is 0 Å². The second-order valence-electron chi connectivity index (χ2n) is 8.02. The summed E-state index contributed by atoms with van der Waals surface area (Å²) < 4.78 is 10.4. The average Bonchev–Trinajstić information content (AvgIpc) is 2.66. The van der Waals surface area contributed by atoms with Crippen molar-refractivity contribution in [3.63, 3.8) is 0 Å². The van der Waals surface area contributed by atoms with Gasteiger partial charge >= 0.3 is 12.1 Å². The number of esters is 1. The number of nitrogens with two attached hydrogens (primary N) is 1. The molecular formula is C21H31N3O5. The van der Waals surface area contributed by atoms with Crippen molar-refractivity contribution in [3.05, 3.63) is 35.4 Å². The summed E-state index contributed by atoms with van der Waals surface area (Å²) in [6, 6.07) is 5.41. The van der Waals surface area contributed by atoms with E-state index in [9.17, 15) is 14.4 Å². The van der Waals surface area contributed by atoms with E-state index in [1.807, 2.05) is 20.8 Å². The number of Topliss-reactive ketones (excluding diaryl/α,β-unsaturated/α-hetero) is 1. The van der Waals surface area contributed by atoms with E-state index in [2.05, 4.69) is 5.32 Å². The summed E-state index contributed by atoms with van der Waals surface area (Å²) in [5.74, 6) is -0.621. The maximum Gasteiger partial charge on any atom is 0.410 e. The van der Waals surface area contributed by atoms with Crippen molar-refractivity contribution >= 4 is 17.8 Å². The normalized spacial score (nSPS) is 18.1. The molecule has 1 saturated heterocycles. The topological polar surface area (TPSA) is 111 Å². The molecule has 1 unspecified atom stereocenters. The lowest BCUT2D eigenvalue weighted by molar-refractivity contribution is -0.125. The number of hydrogen-bond donors (Lipinski definition) is 2. The number of hydrogen-bond acceptors (Lipinski definition) is 7. The summed E-state index contributed by atoms with van der Waals surface area (Å²) >= 11 is 0. The van der Waals surface area contributed by atoms with Gasteiger partial charge in [0.05, 0.1) is 18.2 Å². The number of carbonyl (C=O) groups is 3. The van der Waals surface area contributed by atoms with Crippen LogP contribution in [0.3, 0.4) is 0 Å². The number of benzene rings is 1. The van der Waals surface area contributed by atoms with Crippen molar-refractivity contribution in [2.24, 2.45) is 5.73 Å². The fourth-order valence-corrected chi connectivity index (χ4v) is 3.10. The van der Waals surface area contributed by atoms with E-state index in [0.717, 1.165) is 5.56 Å².